The Bertz CT molecular complexity index is 1080. The summed E-state index contributed by atoms with van der Waals surface area (Å²) in [6.07, 6.45) is 1.52. The Morgan fingerprint density at radius 2 is 1.97 bits per heavy atom. The van der Waals surface area contributed by atoms with Gasteiger partial charge in [-0.15, -0.1) is 11.3 Å². The van der Waals surface area contributed by atoms with Crippen LogP contribution in [0.2, 0.25) is 0 Å². The van der Waals surface area contributed by atoms with E-state index in [1.165, 1.54) is 22.5 Å². The molecule has 4 rings (SSSR count). The van der Waals surface area contributed by atoms with Crippen LogP contribution >= 0.6 is 11.3 Å². The van der Waals surface area contributed by atoms with Crippen molar-refractivity contribution in [3.05, 3.63) is 81.4 Å². The fraction of sp³-hybridized carbons (Fsp3) is 0.182. The number of furan rings is 1. The van der Waals surface area contributed by atoms with Gasteiger partial charge < -0.3 is 19.2 Å². The molecule has 6 nitrogen and oxygen atoms in total. The van der Waals surface area contributed by atoms with E-state index in [9.17, 15) is 14.7 Å². The third kappa shape index (κ3) is 3.34. The van der Waals surface area contributed by atoms with E-state index in [1.54, 1.807) is 43.5 Å². The van der Waals surface area contributed by atoms with Gasteiger partial charge in [0, 0.05) is 10.4 Å². The molecule has 1 N–H and O–H groups in total. The standard InChI is InChI=1S/C22H19NO5S/c1-13-9-11-29-21(13)18-17(19(24)14-5-7-15(27-2)8-6-14)20(25)22(26)23(18)12-16-4-3-10-28-16/h3-11,18,24H,12H2,1-2H3/b19-17-. The van der Waals surface area contributed by atoms with Crippen LogP contribution in [0, 0.1) is 6.92 Å². The summed E-state index contributed by atoms with van der Waals surface area (Å²) in [4.78, 5) is 28.1. The van der Waals surface area contributed by atoms with Gasteiger partial charge in [-0.3, -0.25) is 9.59 Å². The second kappa shape index (κ2) is 7.60. The summed E-state index contributed by atoms with van der Waals surface area (Å²) in [6.45, 7) is 2.06. The zero-order valence-electron chi connectivity index (χ0n) is 15.9. The molecule has 2 aromatic heterocycles. The van der Waals surface area contributed by atoms with Gasteiger partial charge in [-0.2, -0.15) is 0 Å². The number of ketones is 1. The van der Waals surface area contributed by atoms with E-state index in [0.717, 1.165) is 10.4 Å². The summed E-state index contributed by atoms with van der Waals surface area (Å²) in [6, 6.07) is 11.4. The van der Waals surface area contributed by atoms with Crippen molar-refractivity contribution in [2.24, 2.45) is 0 Å². The smallest absolute Gasteiger partial charge is 0.296 e. The Morgan fingerprint density at radius 1 is 1.21 bits per heavy atom. The van der Waals surface area contributed by atoms with Crippen molar-refractivity contribution in [2.75, 3.05) is 7.11 Å². The van der Waals surface area contributed by atoms with Gasteiger partial charge in [0.15, 0.2) is 0 Å². The molecule has 0 aliphatic carbocycles. The van der Waals surface area contributed by atoms with E-state index >= 15 is 0 Å². The number of benzene rings is 1. The van der Waals surface area contributed by atoms with Crippen molar-refractivity contribution < 1.29 is 23.8 Å². The molecule has 29 heavy (non-hydrogen) atoms. The number of methoxy groups -OCH3 is 1. The third-order valence-electron chi connectivity index (χ3n) is 4.96. The van der Waals surface area contributed by atoms with Gasteiger partial charge in [0.2, 0.25) is 0 Å². The van der Waals surface area contributed by atoms with Crippen molar-refractivity contribution >= 4 is 28.8 Å². The van der Waals surface area contributed by atoms with Crippen molar-refractivity contribution in [3.63, 3.8) is 0 Å². The van der Waals surface area contributed by atoms with Crippen molar-refractivity contribution in [1.29, 1.82) is 0 Å². The lowest BCUT2D eigenvalue weighted by atomic mass is 9.98. The van der Waals surface area contributed by atoms with Crippen LogP contribution in [0.1, 0.15) is 27.8 Å². The Labute approximate surface area is 171 Å². The molecule has 1 aromatic carbocycles. The average Bonchev–Trinajstić information content (AvgIpc) is 3.45. The summed E-state index contributed by atoms with van der Waals surface area (Å²) in [5.74, 6) is -0.372. The maximum atomic E-state index is 12.9. The molecule has 1 aliphatic rings. The van der Waals surface area contributed by atoms with Gasteiger partial charge in [0.05, 0.1) is 25.5 Å². The molecule has 1 aliphatic heterocycles. The normalized spacial score (nSPS) is 18.4. The van der Waals surface area contributed by atoms with Crippen LogP contribution in [0.4, 0.5) is 0 Å². The number of aliphatic hydroxyl groups is 1. The Kier molecular flexibility index (Phi) is 4.98. The molecule has 7 heteroatoms. The molecule has 1 amide bonds. The van der Waals surface area contributed by atoms with E-state index in [0.29, 0.717) is 17.1 Å². The Morgan fingerprint density at radius 3 is 2.55 bits per heavy atom. The first-order valence-electron chi connectivity index (χ1n) is 9.00. The van der Waals surface area contributed by atoms with Crippen LogP contribution in [0.25, 0.3) is 5.76 Å². The van der Waals surface area contributed by atoms with Gasteiger partial charge in [0.25, 0.3) is 11.7 Å². The summed E-state index contributed by atoms with van der Waals surface area (Å²) in [5, 5.41) is 12.9. The summed E-state index contributed by atoms with van der Waals surface area (Å²) in [7, 11) is 1.55. The van der Waals surface area contributed by atoms with Gasteiger partial charge >= 0.3 is 0 Å². The molecular formula is C22H19NO5S. The van der Waals surface area contributed by atoms with Crippen LogP contribution in [0.3, 0.4) is 0 Å². The second-order valence-corrected chi connectivity index (χ2v) is 7.65. The van der Waals surface area contributed by atoms with Crippen molar-refractivity contribution in [1.82, 2.24) is 4.90 Å². The number of hydrogen-bond acceptors (Lipinski definition) is 6. The van der Waals surface area contributed by atoms with Crippen LogP contribution in [0.15, 0.2) is 64.1 Å². The summed E-state index contributed by atoms with van der Waals surface area (Å²) < 4.78 is 10.5. The average molecular weight is 409 g/mol. The highest BCUT2D eigenvalue weighted by Gasteiger charge is 2.47. The number of thiophene rings is 1. The van der Waals surface area contributed by atoms with Crippen LogP contribution in [0.5, 0.6) is 5.75 Å². The van der Waals surface area contributed by atoms with Gasteiger partial charge in [-0.1, -0.05) is 0 Å². The van der Waals surface area contributed by atoms with Gasteiger partial charge in [-0.05, 0) is 60.3 Å². The quantitative estimate of drug-likeness (QED) is 0.387. The largest absolute Gasteiger partial charge is 0.507 e. The number of rotatable bonds is 5. The van der Waals surface area contributed by atoms with Crippen molar-refractivity contribution in [2.45, 2.75) is 19.5 Å². The molecule has 0 saturated carbocycles. The summed E-state index contributed by atoms with van der Waals surface area (Å²) in [5.41, 5.74) is 1.48. The molecule has 148 valence electrons. The number of amides is 1. The molecular weight excluding hydrogens is 390 g/mol. The minimum absolute atomic E-state index is 0.0808. The lowest BCUT2D eigenvalue weighted by Crippen LogP contribution is -2.28. The Hall–Kier alpha value is -3.32. The van der Waals surface area contributed by atoms with Gasteiger partial charge in [-0.25, -0.2) is 0 Å². The predicted molar refractivity (Wildman–Crippen MR) is 109 cm³/mol. The first-order valence-corrected chi connectivity index (χ1v) is 9.88. The van der Waals surface area contributed by atoms with Crippen molar-refractivity contribution in [3.8, 4) is 5.75 Å². The minimum Gasteiger partial charge on any atom is -0.507 e. The SMILES string of the molecule is COc1ccc(/C(O)=C2/C(=O)C(=O)N(Cc3ccco3)C2c2sccc2C)cc1. The first-order chi connectivity index (χ1) is 14.0. The third-order valence-corrected chi connectivity index (χ3v) is 6.03. The lowest BCUT2D eigenvalue weighted by molar-refractivity contribution is -0.140. The molecule has 1 fully saturated rings. The molecule has 1 unspecified atom stereocenters. The molecule has 3 aromatic rings. The predicted octanol–water partition coefficient (Wildman–Crippen LogP) is 4.28. The monoisotopic (exact) mass is 409 g/mol. The number of ether oxygens (including phenoxy) is 1. The fourth-order valence-corrected chi connectivity index (χ4v) is 4.50. The van der Waals surface area contributed by atoms with Crippen LogP contribution in [-0.2, 0) is 16.1 Å². The molecule has 0 bridgehead atoms. The molecule has 3 heterocycles. The number of nitrogens with zero attached hydrogens (tertiary/aromatic N) is 1. The molecule has 0 radical (unpaired) electrons. The molecule has 0 spiro atoms. The lowest BCUT2D eigenvalue weighted by Gasteiger charge is -2.24. The number of carbonyl (C=O) groups is 2. The number of hydrogen-bond donors (Lipinski definition) is 1. The van der Waals surface area contributed by atoms with E-state index in [1.807, 2.05) is 18.4 Å². The van der Waals surface area contributed by atoms with E-state index in [-0.39, 0.29) is 17.9 Å². The van der Waals surface area contributed by atoms with Gasteiger partial charge in [0.1, 0.15) is 23.3 Å². The molecule has 1 atom stereocenters. The highest BCUT2D eigenvalue weighted by atomic mass is 32.1. The molecule has 1 saturated heterocycles. The zero-order chi connectivity index (χ0) is 20.5. The second-order valence-electron chi connectivity index (χ2n) is 6.70. The number of carbonyl (C=O) groups excluding carboxylic acids is 2. The Balaban J connectivity index is 1.84. The zero-order valence-corrected chi connectivity index (χ0v) is 16.7. The topological polar surface area (TPSA) is 80.0 Å². The number of likely N-dealkylation sites (tertiary alicyclic amines) is 1. The van der Waals surface area contributed by atoms with Crippen LogP contribution < -0.4 is 4.74 Å². The minimum atomic E-state index is -0.706. The van der Waals surface area contributed by atoms with E-state index in [2.05, 4.69) is 0 Å². The number of Topliss-reactive ketones (excluding diaryl/α,β-unsaturated/α-hetero) is 1. The summed E-state index contributed by atoms with van der Waals surface area (Å²) >= 11 is 1.45. The van der Waals surface area contributed by atoms with Crippen LogP contribution in [-0.4, -0.2) is 28.8 Å². The maximum Gasteiger partial charge on any atom is 0.296 e. The number of aryl methyl sites for hydroxylation is 1. The van der Waals surface area contributed by atoms with E-state index < -0.39 is 17.7 Å². The first kappa shape index (κ1) is 19.0. The fourth-order valence-electron chi connectivity index (χ4n) is 3.46. The number of aliphatic hydroxyl groups excluding tert-OH is 1. The highest BCUT2D eigenvalue weighted by molar-refractivity contribution is 7.10. The van der Waals surface area contributed by atoms with E-state index in [4.69, 9.17) is 9.15 Å². The maximum absolute atomic E-state index is 12.9. The highest BCUT2D eigenvalue weighted by Crippen LogP contribution is 2.43.